The molecule has 5 nitrogen and oxygen atoms in total. The number of hydrogen-bond acceptors (Lipinski definition) is 2. The maximum atomic E-state index is 12.9. The number of aromatic nitrogens is 1. The number of aromatic carboxylic acids is 1. The highest BCUT2D eigenvalue weighted by atomic mass is 35.5. The van der Waals surface area contributed by atoms with Gasteiger partial charge in [-0.15, -0.1) is 0 Å². The SMILES string of the molecule is CC(C)Cn1c(C(=O)Nc2ccc(Cl)cc2C(=O)O)cc2ccccc21. The van der Waals surface area contributed by atoms with Gasteiger partial charge < -0.3 is 15.0 Å². The number of amides is 1. The van der Waals surface area contributed by atoms with Gasteiger partial charge in [-0.2, -0.15) is 0 Å². The van der Waals surface area contributed by atoms with Gasteiger partial charge in [0.05, 0.1) is 11.3 Å². The van der Waals surface area contributed by atoms with Crippen LogP contribution in [0, 0.1) is 5.92 Å². The maximum Gasteiger partial charge on any atom is 0.337 e. The summed E-state index contributed by atoms with van der Waals surface area (Å²) in [5, 5.41) is 13.3. The highest BCUT2D eigenvalue weighted by Gasteiger charge is 2.19. The molecular formula is C20H19ClN2O3. The number of fused-ring (bicyclic) bond motifs is 1. The third-order valence-electron chi connectivity index (χ3n) is 4.05. The van der Waals surface area contributed by atoms with Gasteiger partial charge in [-0.3, -0.25) is 4.79 Å². The number of anilines is 1. The van der Waals surface area contributed by atoms with Crippen LogP contribution >= 0.6 is 11.6 Å². The summed E-state index contributed by atoms with van der Waals surface area (Å²) in [6.07, 6.45) is 0. The van der Waals surface area contributed by atoms with Gasteiger partial charge >= 0.3 is 5.97 Å². The van der Waals surface area contributed by atoms with E-state index >= 15 is 0 Å². The van der Waals surface area contributed by atoms with E-state index in [-0.39, 0.29) is 17.2 Å². The molecule has 6 heteroatoms. The van der Waals surface area contributed by atoms with E-state index in [0.29, 0.717) is 23.2 Å². The van der Waals surface area contributed by atoms with Crippen molar-refractivity contribution in [3.63, 3.8) is 0 Å². The molecule has 0 unspecified atom stereocenters. The fraction of sp³-hybridized carbons (Fsp3) is 0.200. The third kappa shape index (κ3) is 3.58. The number of carboxylic acid groups (broad SMARTS) is 1. The van der Waals surface area contributed by atoms with Gasteiger partial charge in [0.15, 0.2) is 0 Å². The standard InChI is InChI=1S/C20H19ClN2O3/c1-12(2)11-23-17-6-4-3-5-13(17)9-18(23)19(24)22-16-8-7-14(21)10-15(16)20(25)26/h3-10,12H,11H2,1-2H3,(H,22,24)(H,25,26). The van der Waals surface area contributed by atoms with Crippen LogP contribution in [0.1, 0.15) is 34.7 Å². The van der Waals surface area contributed by atoms with E-state index in [0.717, 1.165) is 10.9 Å². The van der Waals surface area contributed by atoms with E-state index in [1.165, 1.54) is 12.1 Å². The number of nitrogens with one attached hydrogen (secondary N) is 1. The third-order valence-corrected chi connectivity index (χ3v) is 4.29. The molecular weight excluding hydrogens is 352 g/mol. The topological polar surface area (TPSA) is 71.3 Å². The monoisotopic (exact) mass is 370 g/mol. The lowest BCUT2D eigenvalue weighted by Gasteiger charge is -2.14. The van der Waals surface area contributed by atoms with Crippen molar-refractivity contribution in [2.75, 3.05) is 5.32 Å². The second-order valence-corrected chi connectivity index (χ2v) is 6.98. The van der Waals surface area contributed by atoms with Crippen molar-refractivity contribution in [1.82, 2.24) is 4.57 Å². The first-order valence-corrected chi connectivity index (χ1v) is 8.67. The zero-order chi connectivity index (χ0) is 18.8. The molecule has 0 aliphatic rings. The number of hydrogen-bond donors (Lipinski definition) is 2. The minimum absolute atomic E-state index is 0.0441. The summed E-state index contributed by atoms with van der Waals surface area (Å²) in [7, 11) is 0. The summed E-state index contributed by atoms with van der Waals surface area (Å²) in [5.74, 6) is -1.15. The van der Waals surface area contributed by atoms with E-state index in [1.54, 1.807) is 6.07 Å². The van der Waals surface area contributed by atoms with Gasteiger partial charge in [0.2, 0.25) is 0 Å². The molecule has 0 fully saturated rings. The van der Waals surface area contributed by atoms with Crippen molar-refractivity contribution in [3.8, 4) is 0 Å². The van der Waals surface area contributed by atoms with Crippen LogP contribution < -0.4 is 5.32 Å². The summed E-state index contributed by atoms with van der Waals surface area (Å²) in [4.78, 5) is 24.3. The van der Waals surface area contributed by atoms with Crippen LogP contribution in [0.3, 0.4) is 0 Å². The first-order valence-electron chi connectivity index (χ1n) is 8.29. The van der Waals surface area contributed by atoms with Crippen molar-refractivity contribution in [2.24, 2.45) is 5.92 Å². The molecule has 2 N–H and O–H groups in total. The molecule has 0 atom stereocenters. The smallest absolute Gasteiger partial charge is 0.337 e. The van der Waals surface area contributed by atoms with Crippen LogP contribution in [0.4, 0.5) is 5.69 Å². The number of benzene rings is 2. The molecule has 1 aromatic heterocycles. The summed E-state index contributed by atoms with van der Waals surface area (Å²) in [6, 6.07) is 14.0. The molecule has 2 aromatic carbocycles. The zero-order valence-corrected chi connectivity index (χ0v) is 15.2. The average molecular weight is 371 g/mol. The quantitative estimate of drug-likeness (QED) is 0.670. The Morgan fingerprint density at radius 1 is 1.15 bits per heavy atom. The Morgan fingerprint density at radius 2 is 1.88 bits per heavy atom. The maximum absolute atomic E-state index is 12.9. The van der Waals surface area contributed by atoms with E-state index in [2.05, 4.69) is 19.2 Å². The van der Waals surface area contributed by atoms with Gasteiger partial charge in [0.1, 0.15) is 5.69 Å². The molecule has 0 saturated heterocycles. The Hall–Kier alpha value is -2.79. The Bertz CT molecular complexity index is 992. The predicted octanol–water partition coefficient (Wildman–Crippen LogP) is 4.90. The van der Waals surface area contributed by atoms with Gasteiger partial charge in [0, 0.05) is 22.5 Å². The summed E-state index contributed by atoms with van der Waals surface area (Å²) in [6.45, 7) is 4.85. The van der Waals surface area contributed by atoms with Crippen LogP contribution in [-0.2, 0) is 6.54 Å². The van der Waals surface area contributed by atoms with Gasteiger partial charge in [-0.1, -0.05) is 43.6 Å². The minimum atomic E-state index is -1.15. The molecule has 0 saturated carbocycles. The highest BCUT2D eigenvalue weighted by molar-refractivity contribution is 6.31. The van der Waals surface area contributed by atoms with E-state index in [1.807, 2.05) is 34.9 Å². The summed E-state index contributed by atoms with van der Waals surface area (Å²) >= 11 is 5.87. The van der Waals surface area contributed by atoms with Crippen molar-refractivity contribution < 1.29 is 14.7 Å². The number of carbonyl (C=O) groups is 2. The molecule has 3 aromatic rings. The molecule has 0 aliphatic heterocycles. The molecule has 26 heavy (non-hydrogen) atoms. The lowest BCUT2D eigenvalue weighted by Crippen LogP contribution is -2.20. The number of carbonyl (C=O) groups excluding carboxylic acids is 1. The first kappa shape index (κ1) is 18.0. The van der Waals surface area contributed by atoms with Crippen molar-refractivity contribution >= 4 is 40.1 Å². The largest absolute Gasteiger partial charge is 0.478 e. The lowest BCUT2D eigenvalue weighted by atomic mass is 10.1. The van der Waals surface area contributed by atoms with Crippen LogP contribution in [0.25, 0.3) is 10.9 Å². The Kier molecular flexibility index (Phi) is 5.00. The Labute approximate surface area is 156 Å². The number of carboxylic acids is 1. The van der Waals surface area contributed by atoms with E-state index < -0.39 is 5.97 Å². The number of rotatable bonds is 5. The van der Waals surface area contributed by atoms with Crippen molar-refractivity contribution in [3.05, 3.63) is 64.8 Å². The minimum Gasteiger partial charge on any atom is -0.478 e. The number of halogens is 1. The second kappa shape index (κ2) is 7.22. The van der Waals surface area contributed by atoms with Gasteiger partial charge in [-0.25, -0.2) is 4.79 Å². The van der Waals surface area contributed by atoms with Crippen LogP contribution in [-0.4, -0.2) is 21.6 Å². The fourth-order valence-corrected chi connectivity index (χ4v) is 3.12. The molecule has 0 radical (unpaired) electrons. The molecule has 134 valence electrons. The fourth-order valence-electron chi connectivity index (χ4n) is 2.95. The van der Waals surface area contributed by atoms with Crippen LogP contribution in [0.15, 0.2) is 48.5 Å². The Morgan fingerprint density at radius 3 is 2.58 bits per heavy atom. The molecule has 0 bridgehead atoms. The highest BCUT2D eigenvalue weighted by Crippen LogP contribution is 2.25. The predicted molar refractivity (Wildman–Crippen MR) is 103 cm³/mol. The molecule has 1 amide bonds. The lowest BCUT2D eigenvalue weighted by molar-refractivity contribution is 0.0698. The normalized spacial score (nSPS) is 11.1. The van der Waals surface area contributed by atoms with E-state index in [4.69, 9.17) is 11.6 Å². The van der Waals surface area contributed by atoms with Crippen molar-refractivity contribution in [2.45, 2.75) is 20.4 Å². The second-order valence-electron chi connectivity index (χ2n) is 6.54. The summed E-state index contributed by atoms with van der Waals surface area (Å²) in [5.41, 5.74) is 1.64. The molecule has 0 aliphatic carbocycles. The van der Waals surface area contributed by atoms with Gasteiger partial charge in [0.25, 0.3) is 5.91 Å². The number of nitrogens with zero attached hydrogens (tertiary/aromatic N) is 1. The summed E-state index contributed by atoms with van der Waals surface area (Å²) < 4.78 is 1.96. The Balaban J connectivity index is 2.02. The van der Waals surface area contributed by atoms with Crippen LogP contribution in [0.5, 0.6) is 0 Å². The first-order chi connectivity index (χ1) is 12.4. The average Bonchev–Trinajstić information content (AvgIpc) is 2.94. The zero-order valence-electron chi connectivity index (χ0n) is 14.5. The van der Waals surface area contributed by atoms with E-state index in [9.17, 15) is 14.7 Å². The van der Waals surface area contributed by atoms with Crippen LogP contribution in [0.2, 0.25) is 5.02 Å². The van der Waals surface area contributed by atoms with Gasteiger partial charge in [-0.05, 0) is 36.2 Å². The molecule has 0 spiro atoms. The number of para-hydroxylation sites is 1. The van der Waals surface area contributed by atoms with Crippen molar-refractivity contribution in [1.29, 1.82) is 0 Å². The molecule has 3 rings (SSSR count). The molecule has 1 heterocycles.